The van der Waals surface area contributed by atoms with E-state index in [9.17, 15) is 5.11 Å². The van der Waals surface area contributed by atoms with Crippen LogP contribution in [0.4, 0.5) is 0 Å². The van der Waals surface area contributed by atoms with Gasteiger partial charge in [0, 0.05) is 24.9 Å². The molecular formula is C10H16N2OS. The zero-order valence-corrected chi connectivity index (χ0v) is 9.47. The number of aliphatic hydroxyl groups is 1. The van der Waals surface area contributed by atoms with Gasteiger partial charge in [0.1, 0.15) is 0 Å². The summed E-state index contributed by atoms with van der Waals surface area (Å²) in [5.41, 5.74) is 0.486. The Hall–Kier alpha value is -0.450. The summed E-state index contributed by atoms with van der Waals surface area (Å²) in [6.45, 7) is 3.75. The van der Waals surface area contributed by atoms with Crippen LogP contribution in [-0.2, 0) is 6.42 Å². The number of likely N-dealkylation sites (N-methyl/N-ethyl adjacent to an activating group) is 1. The molecule has 1 aromatic rings. The summed E-state index contributed by atoms with van der Waals surface area (Å²) >= 11 is 1.65. The highest BCUT2D eigenvalue weighted by molar-refractivity contribution is 7.09. The lowest BCUT2D eigenvalue weighted by Crippen LogP contribution is -2.34. The van der Waals surface area contributed by atoms with Crippen molar-refractivity contribution in [1.82, 2.24) is 9.88 Å². The molecule has 0 saturated carbocycles. The van der Waals surface area contributed by atoms with E-state index in [1.54, 1.807) is 11.3 Å². The Morgan fingerprint density at radius 1 is 1.71 bits per heavy atom. The van der Waals surface area contributed by atoms with E-state index < -0.39 is 5.60 Å². The minimum absolute atomic E-state index is 0.546. The number of aryl methyl sites for hydroxylation is 1. The van der Waals surface area contributed by atoms with Crippen LogP contribution >= 0.6 is 11.3 Å². The quantitative estimate of drug-likeness (QED) is 0.796. The van der Waals surface area contributed by atoms with Crippen LogP contribution in [-0.4, -0.2) is 40.7 Å². The van der Waals surface area contributed by atoms with Gasteiger partial charge >= 0.3 is 0 Å². The SMILES string of the molecule is Cc1nc(CC2(O)CCN(C)C2)cs1. The van der Waals surface area contributed by atoms with Gasteiger partial charge < -0.3 is 10.0 Å². The lowest BCUT2D eigenvalue weighted by atomic mass is 9.97. The molecule has 0 spiro atoms. The van der Waals surface area contributed by atoms with Gasteiger partial charge in [0.2, 0.25) is 0 Å². The van der Waals surface area contributed by atoms with Gasteiger partial charge in [-0.05, 0) is 20.4 Å². The van der Waals surface area contributed by atoms with Gasteiger partial charge in [0.15, 0.2) is 0 Å². The van der Waals surface area contributed by atoms with E-state index in [1.165, 1.54) is 0 Å². The Bertz CT molecular complexity index is 326. The van der Waals surface area contributed by atoms with Crippen molar-refractivity contribution in [3.63, 3.8) is 0 Å². The highest BCUT2D eigenvalue weighted by Crippen LogP contribution is 2.24. The van der Waals surface area contributed by atoms with Gasteiger partial charge in [0.05, 0.1) is 16.3 Å². The smallest absolute Gasteiger partial charge is 0.0897 e. The summed E-state index contributed by atoms with van der Waals surface area (Å²) in [7, 11) is 2.05. The maximum Gasteiger partial charge on any atom is 0.0897 e. The van der Waals surface area contributed by atoms with E-state index in [-0.39, 0.29) is 0 Å². The number of thiazole rings is 1. The molecule has 1 aromatic heterocycles. The first kappa shape index (κ1) is 10.1. The van der Waals surface area contributed by atoms with Crippen LogP contribution in [0.25, 0.3) is 0 Å². The van der Waals surface area contributed by atoms with E-state index >= 15 is 0 Å². The number of hydrogen-bond donors (Lipinski definition) is 1. The topological polar surface area (TPSA) is 36.4 Å². The Labute approximate surface area is 88.4 Å². The molecular weight excluding hydrogens is 196 g/mol. The maximum absolute atomic E-state index is 10.2. The minimum atomic E-state index is -0.546. The van der Waals surface area contributed by atoms with Crippen molar-refractivity contribution in [3.05, 3.63) is 16.1 Å². The normalized spacial score (nSPS) is 28.5. The van der Waals surface area contributed by atoms with E-state index in [2.05, 4.69) is 9.88 Å². The number of hydrogen-bond acceptors (Lipinski definition) is 4. The lowest BCUT2D eigenvalue weighted by Gasteiger charge is -2.20. The van der Waals surface area contributed by atoms with Crippen molar-refractivity contribution in [2.24, 2.45) is 0 Å². The first-order chi connectivity index (χ1) is 6.57. The molecule has 78 valence electrons. The average molecular weight is 212 g/mol. The van der Waals surface area contributed by atoms with Gasteiger partial charge in [-0.1, -0.05) is 0 Å². The van der Waals surface area contributed by atoms with E-state index in [1.807, 2.05) is 19.4 Å². The fourth-order valence-electron chi connectivity index (χ4n) is 2.03. The Morgan fingerprint density at radius 3 is 3.00 bits per heavy atom. The fourth-order valence-corrected chi connectivity index (χ4v) is 2.64. The molecule has 14 heavy (non-hydrogen) atoms. The summed E-state index contributed by atoms with van der Waals surface area (Å²) < 4.78 is 0. The van der Waals surface area contributed by atoms with Crippen LogP contribution in [0.2, 0.25) is 0 Å². The third-order valence-electron chi connectivity index (χ3n) is 2.70. The number of nitrogens with zero attached hydrogens (tertiary/aromatic N) is 2. The number of β-amino-alcohol motifs (C(OH)–C–C–N with tert-alkyl or cyclic N) is 1. The standard InChI is InChI=1S/C10H16N2OS/c1-8-11-9(6-14-8)5-10(13)3-4-12(2)7-10/h6,13H,3-5,7H2,1-2H3. The molecule has 0 radical (unpaired) electrons. The van der Waals surface area contributed by atoms with Gasteiger partial charge in [-0.25, -0.2) is 4.98 Å². The second kappa shape index (κ2) is 3.61. The number of rotatable bonds is 2. The van der Waals surface area contributed by atoms with Crippen LogP contribution in [0.3, 0.4) is 0 Å². The molecule has 0 amide bonds. The third-order valence-corrected chi connectivity index (χ3v) is 3.52. The van der Waals surface area contributed by atoms with Crippen molar-refractivity contribution in [3.8, 4) is 0 Å². The summed E-state index contributed by atoms with van der Waals surface area (Å²) in [6.07, 6.45) is 1.56. The maximum atomic E-state index is 10.2. The molecule has 4 heteroatoms. The zero-order valence-electron chi connectivity index (χ0n) is 8.66. The Kier molecular flexibility index (Phi) is 2.60. The second-order valence-electron chi connectivity index (χ2n) is 4.25. The molecule has 3 nitrogen and oxygen atoms in total. The zero-order chi connectivity index (χ0) is 10.2. The van der Waals surface area contributed by atoms with E-state index in [0.29, 0.717) is 6.42 Å². The third kappa shape index (κ3) is 2.13. The first-order valence-corrected chi connectivity index (χ1v) is 5.77. The summed E-state index contributed by atoms with van der Waals surface area (Å²) in [4.78, 5) is 6.55. The highest BCUT2D eigenvalue weighted by atomic mass is 32.1. The molecule has 1 fully saturated rings. The van der Waals surface area contributed by atoms with Crippen molar-refractivity contribution < 1.29 is 5.11 Å². The van der Waals surface area contributed by atoms with E-state index in [0.717, 1.165) is 30.2 Å². The molecule has 1 N–H and O–H groups in total. The van der Waals surface area contributed by atoms with Crippen LogP contribution in [0.15, 0.2) is 5.38 Å². The average Bonchev–Trinajstić information content (AvgIpc) is 2.60. The summed E-state index contributed by atoms with van der Waals surface area (Å²) in [5.74, 6) is 0. The van der Waals surface area contributed by atoms with Gasteiger partial charge in [-0.15, -0.1) is 11.3 Å². The van der Waals surface area contributed by atoms with Crippen LogP contribution < -0.4 is 0 Å². The molecule has 0 aliphatic carbocycles. The highest BCUT2D eigenvalue weighted by Gasteiger charge is 2.34. The molecule has 0 aromatic carbocycles. The number of aromatic nitrogens is 1. The fraction of sp³-hybridized carbons (Fsp3) is 0.700. The molecule has 1 aliphatic rings. The summed E-state index contributed by atoms with van der Waals surface area (Å²) in [5, 5.41) is 13.4. The van der Waals surface area contributed by atoms with Crippen molar-refractivity contribution in [2.75, 3.05) is 20.1 Å². The molecule has 1 atom stereocenters. The molecule has 1 unspecified atom stereocenters. The molecule has 1 aliphatic heterocycles. The van der Waals surface area contributed by atoms with Crippen LogP contribution in [0.5, 0.6) is 0 Å². The molecule has 2 heterocycles. The van der Waals surface area contributed by atoms with Gasteiger partial charge in [0.25, 0.3) is 0 Å². The van der Waals surface area contributed by atoms with Crippen LogP contribution in [0, 0.1) is 6.92 Å². The lowest BCUT2D eigenvalue weighted by molar-refractivity contribution is 0.0515. The predicted octanol–water partition coefficient (Wildman–Crippen LogP) is 1.06. The first-order valence-electron chi connectivity index (χ1n) is 4.89. The van der Waals surface area contributed by atoms with Crippen molar-refractivity contribution in [2.45, 2.75) is 25.4 Å². The van der Waals surface area contributed by atoms with Crippen molar-refractivity contribution >= 4 is 11.3 Å². The molecule has 1 saturated heterocycles. The predicted molar refractivity (Wildman–Crippen MR) is 57.6 cm³/mol. The Balaban J connectivity index is 2.03. The molecule has 0 bridgehead atoms. The summed E-state index contributed by atoms with van der Waals surface area (Å²) in [6, 6.07) is 0. The second-order valence-corrected chi connectivity index (χ2v) is 5.31. The van der Waals surface area contributed by atoms with Crippen LogP contribution in [0.1, 0.15) is 17.1 Å². The Morgan fingerprint density at radius 2 is 2.50 bits per heavy atom. The van der Waals surface area contributed by atoms with E-state index in [4.69, 9.17) is 0 Å². The van der Waals surface area contributed by atoms with Crippen molar-refractivity contribution in [1.29, 1.82) is 0 Å². The van der Waals surface area contributed by atoms with Gasteiger partial charge in [-0.2, -0.15) is 0 Å². The monoisotopic (exact) mass is 212 g/mol. The number of likely N-dealkylation sites (tertiary alicyclic amines) is 1. The molecule has 2 rings (SSSR count). The van der Waals surface area contributed by atoms with Gasteiger partial charge in [-0.3, -0.25) is 0 Å². The largest absolute Gasteiger partial charge is 0.388 e. The minimum Gasteiger partial charge on any atom is -0.388 e.